The normalized spacial score (nSPS) is 12.0. The molecule has 0 atom stereocenters. The highest BCUT2D eigenvalue weighted by Crippen LogP contribution is 2.45. The fourth-order valence-electron chi connectivity index (χ4n) is 14.5. The maximum atomic E-state index is 5.74. The standard InChI is InChI=1S/C76H94N20/c1-17-89(18-2)69-70(90(19-3)20-4)82-62-34-46-45(33-61(62)81-69)53-41-55-47-35-63-64(84-72(92(23-7)24-8)71(83-63)91(21-5)22-6)36-48(47)57(78-55)43-59-51-39-67-68(88-76(96(31-15)32-16)75(87-67)95(29-13)30-14)40-52(51)60(80-59)44-58-50-38-66-65(37-49(50)56(79-58)42-54(46)77-53)85-73(93(25-9)26-10)74(86-66)94(27-11)28-12/h33-44,77,80H,17-32H2,1-16H3. The van der Waals surface area contributed by atoms with Gasteiger partial charge in [-0.1, -0.05) is 0 Å². The van der Waals surface area contributed by atoms with Crippen LogP contribution in [0, 0.1) is 0 Å². The Hall–Kier alpha value is -9.72. The minimum Gasteiger partial charge on any atom is -0.354 e. The second-order valence-electron chi connectivity index (χ2n) is 24.7. The van der Waals surface area contributed by atoms with E-state index in [1.807, 2.05) is 0 Å². The third-order valence-corrected chi connectivity index (χ3v) is 20.0. The Bertz CT molecular complexity index is 4340. The van der Waals surface area contributed by atoms with E-state index >= 15 is 0 Å². The first kappa shape index (κ1) is 65.0. The molecule has 11 aromatic rings. The van der Waals surface area contributed by atoms with Gasteiger partial charge in [-0.2, -0.15) is 0 Å². The van der Waals surface area contributed by atoms with Crippen molar-refractivity contribution in [2.75, 3.05) is 144 Å². The predicted molar refractivity (Wildman–Crippen MR) is 406 cm³/mol. The van der Waals surface area contributed by atoms with E-state index in [9.17, 15) is 0 Å². The maximum Gasteiger partial charge on any atom is 0.172 e. The van der Waals surface area contributed by atoms with Crippen LogP contribution in [0.5, 0.6) is 0 Å². The zero-order chi connectivity index (χ0) is 67.4. The lowest BCUT2D eigenvalue weighted by Crippen LogP contribution is -2.30. The monoisotopic (exact) mass is 1290 g/mol. The summed E-state index contributed by atoms with van der Waals surface area (Å²) in [6.45, 7) is 47.7. The molecular weight excluding hydrogens is 1190 g/mol. The average molecular weight is 1290 g/mol. The molecule has 0 fully saturated rings. The largest absolute Gasteiger partial charge is 0.354 e. The number of aromatic amines is 2. The summed E-state index contributed by atoms with van der Waals surface area (Å²) < 4.78 is 0. The van der Waals surface area contributed by atoms with Gasteiger partial charge in [0.1, 0.15) is 0 Å². The number of nitrogens with zero attached hydrogens (tertiary/aromatic N) is 18. The zero-order valence-corrected chi connectivity index (χ0v) is 59.3. The van der Waals surface area contributed by atoms with Gasteiger partial charge in [0.15, 0.2) is 46.5 Å². The van der Waals surface area contributed by atoms with E-state index in [1.54, 1.807) is 0 Å². The second-order valence-corrected chi connectivity index (χ2v) is 24.7. The molecule has 0 saturated carbocycles. The molecule has 4 aromatic carbocycles. The number of aromatic nitrogens is 12. The Morgan fingerprint density at radius 2 is 0.344 bits per heavy atom. The van der Waals surface area contributed by atoms with E-state index in [2.05, 4.69) is 233 Å². The van der Waals surface area contributed by atoms with Crippen LogP contribution in [0.25, 0.3) is 133 Å². The highest BCUT2D eigenvalue weighted by molar-refractivity contribution is 6.15. The minimum atomic E-state index is 0.787. The number of hydrogen-bond donors (Lipinski definition) is 2. The van der Waals surface area contributed by atoms with Gasteiger partial charge in [0.25, 0.3) is 0 Å². The lowest BCUT2D eigenvalue weighted by Gasteiger charge is -2.28. The van der Waals surface area contributed by atoms with Crippen molar-refractivity contribution in [3.63, 3.8) is 0 Å². The first-order valence-corrected chi connectivity index (χ1v) is 35.6. The van der Waals surface area contributed by atoms with Crippen LogP contribution in [0.15, 0.2) is 72.8 Å². The molecule has 20 heteroatoms. The Labute approximate surface area is 563 Å². The van der Waals surface area contributed by atoms with E-state index in [4.69, 9.17) is 49.8 Å². The molecule has 0 amide bonds. The number of anilines is 8. The van der Waals surface area contributed by atoms with Gasteiger partial charge >= 0.3 is 0 Å². The van der Waals surface area contributed by atoms with Crippen molar-refractivity contribution in [2.24, 2.45) is 0 Å². The zero-order valence-electron chi connectivity index (χ0n) is 59.3. The van der Waals surface area contributed by atoms with Gasteiger partial charge < -0.3 is 49.2 Å². The highest BCUT2D eigenvalue weighted by Gasteiger charge is 2.28. The Morgan fingerprint density at radius 1 is 0.198 bits per heavy atom. The third-order valence-electron chi connectivity index (χ3n) is 20.0. The number of rotatable bonds is 24. The summed E-state index contributed by atoms with van der Waals surface area (Å²) in [4.78, 5) is 82.2. The topological polar surface area (TPSA) is 186 Å². The minimum absolute atomic E-state index is 0.787. The molecule has 8 bridgehead atoms. The molecule has 0 spiro atoms. The van der Waals surface area contributed by atoms with Crippen molar-refractivity contribution in [2.45, 2.75) is 111 Å². The Kier molecular flexibility index (Phi) is 18.2. The van der Waals surface area contributed by atoms with Gasteiger partial charge in [0.2, 0.25) is 0 Å². The summed E-state index contributed by atoms with van der Waals surface area (Å²) in [6, 6.07) is 26.5. The number of benzene rings is 4. The van der Waals surface area contributed by atoms with Crippen LogP contribution < -0.4 is 39.2 Å². The van der Waals surface area contributed by atoms with Crippen molar-refractivity contribution in [1.29, 1.82) is 0 Å². The first-order chi connectivity index (χ1) is 46.8. The van der Waals surface area contributed by atoms with E-state index in [1.165, 1.54) is 0 Å². The average Bonchev–Trinajstić information content (AvgIpc) is 1.49. The number of hydrogen-bond acceptors (Lipinski definition) is 18. The summed E-state index contributed by atoms with van der Waals surface area (Å²) in [5.41, 5.74) is 16.9. The number of nitrogens with one attached hydrogen (secondary N) is 2. The second kappa shape index (κ2) is 26.8. The molecular formula is C76H94N20. The van der Waals surface area contributed by atoms with E-state index < -0.39 is 0 Å². The quantitative estimate of drug-likeness (QED) is 0.0581. The lowest BCUT2D eigenvalue weighted by atomic mass is 10.0. The summed E-state index contributed by atoms with van der Waals surface area (Å²) in [5, 5.41) is 3.93. The van der Waals surface area contributed by atoms with E-state index in [0.29, 0.717) is 0 Å². The fourth-order valence-corrected chi connectivity index (χ4v) is 14.5. The van der Waals surface area contributed by atoms with Crippen LogP contribution in [-0.2, 0) is 0 Å². The summed E-state index contributed by atoms with van der Waals surface area (Å²) >= 11 is 0. The van der Waals surface area contributed by atoms with Crippen LogP contribution >= 0.6 is 0 Å². The molecule has 96 heavy (non-hydrogen) atoms. The summed E-state index contributed by atoms with van der Waals surface area (Å²) in [5.74, 6) is 7.05. The van der Waals surface area contributed by atoms with Gasteiger partial charge in [-0.05, 0) is 184 Å². The molecule has 20 nitrogen and oxygen atoms in total. The fraction of sp³-hybridized carbons (Fsp3) is 0.421. The summed E-state index contributed by atoms with van der Waals surface area (Å²) in [7, 11) is 0. The highest BCUT2D eigenvalue weighted by atomic mass is 15.3. The molecule has 13 rings (SSSR count). The van der Waals surface area contributed by atoms with Gasteiger partial charge in [-0.15, -0.1) is 0 Å². The van der Waals surface area contributed by atoms with E-state index in [-0.39, 0.29) is 0 Å². The number of H-pyrrole nitrogens is 2. The van der Waals surface area contributed by atoms with Crippen LogP contribution in [0.2, 0.25) is 0 Å². The maximum absolute atomic E-state index is 5.74. The molecule has 2 aliphatic rings. The van der Waals surface area contributed by atoms with Crippen LogP contribution in [-0.4, -0.2) is 165 Å². The van der Waals surface area contributed by atoms with Crippen molar-refractivity contribution in [3.8, 4) is 45.0 Å². The van der Waals surface area contributed by atoms with Crippen LogP contribution in [0.3, 0.4) is 0 Å². The molecule has 0 saturated heterocycles. The SMILES string of the molecule is CCN(CC)c1nc2cc3c(cc2nc1N(CC)CC)-c1cc2[nH]c(cc4nc(cc5[nH]c(cc-3n1)c1cc3nc(N(CC)CC)c(N(CC)CC)nc3cc51)-c1cc3nc(N(CC)CC)c(N(CC)CC)nc3cc1-4)c1cc3nc(N(CC)CC)c(N(CC)CC)nc3cc21. The molecule has 2 aliphatic heterocycles. The van der Waals surface area contributed by atoms with Crippen LogP contribution in [0.4, 0.5) is 46.5 Å². The molecule has 0 radical (unpaired) electrons. The Morgan fingerprint density at radius 3 is 0.490 bits per heavy atom. The van der Waals surface area contributed by atoms with Gasteiger partial charge in [-0.25, -0.2) is 49.8 Å². The molecule has 0 unspecified atom stereocenters. The van der Waals surface area contributed by atoms with Crippen molar-refractivity contribution in [3.05, 3.63) is 72.8 Å². The van der Waals surface area contributed by atoms with Gasteiger partial charge in [0.05, 0.1) is 66.9 Å². The van der Waals surface area contributed by atoms with Gasteiger partial charge in [0, 0.05) is 171 Å². The molecule has 9 heterocycles. The molecule has 0 aliphatic carbocycles. The molecule has 7 aromatic heterocycles. The van der Waals surface area contributed by atoms with Gasteiger partial charge in [-0.3, -0.25) is 0 Å². The molecule has 2 N–H and O–H groups in total. The van der Waals surface area contributed by atoms with Crippen LogP contribution in [0.1, 0.15) is 111 Å². The van der Waals surface area contributed by atoms with Crippen molar-refractivity contribution >= 4 is 134 Å². The third kappa shape index (κ3) is 11.0. The number of fused-ring (bicyclic) bond motifs is 24. The van der Waals surface area contributed by atoms with Crippen molar-refractivity contribution in [1.82, 2.24) is 59.8 Å². The summed E-state index contributed by atoms with van der Waals surface area (Å²) in [6.07, 6.45) is 0. The van der Waals surface area contributed by atoms with Crippen molar-refractivity contribution < 1.29 is 0 Å². The lowest BCUT2D eigenvalue weighted by molar-refractivity contribution is 0.807. The molecule has 498 valence electrons. The predicted octanol–water partition coefficient (Wildman–Crippen LogP) is 15.8. The smallest absolute Gasteiger partial charge is 0.172 e. The first-order valence-electron chi connectivity index (χ1n) is 35.6. The van der Waals surface area contributed by atoms with E-state index in [0.717, 1.165) is 284 Å². The Balaban J connectivity index is 1.20.